The van der Waals surface area contributed by atoms with Gasteiger partial charge in [0.2, 0.25) is 11.0 Å². The summed E-state index contributed by atoms with van der Waals surface area (Å²) in [6.07, 6.45) is 0. The Balaban J connectivity index is 1.46. The maximum atomic E-state index is 12.0. The molecule has 136 valence electrons. The van der Waals surface area contributed by atoms with Crippen LogP contribution in [0.15, 0.2) is 33.8 Å². The standard InChI is InChI=1S/C15H15N5O3S3/c1-2-23-12(22)8-25-15-20-19-14(26-15)18-11(21)7-24-13-16-9-5-3-4-6-10(9)17-13/h3-6H,2,7-8H2,1H3,(H,16,17)(H,18,19,21). The molecule has 0 atom stereocenters. The maximum Gasteiger partial charge on any atom is 0.316 e. The molecule has 11 heteroatoms. The average molecular weight is 410 g/mol. The summed E-state index contributed by atoms with van der Waals surface area (Å²) in [6.45, 7) is 2.10. The van der Waals surface area contributed by atoms with Crippen molar-refractivity contribution in [1.29, 1.82) is 0 Å². The summed E-state index contributed by atoms with van der Waals surface area (Å²) in [6, 6.07) is 7.68. The molecule has 0 saturated carbocycles. The lowest BCUT2D eigenvalue weighted by atomic mass is 10.3. The second kappa shape index (κ2) is 9.01. The molecule has 8 nitrogen and oxygen atoms in total. The normalized spacial score (nSPS) is 10.8. The molecule has 0 bridgehead atoms. The Hall–Kier alpha value is -2.11. The van der Waals surface area contributed by atoms with Crippen LogP contribution < -0.4 is 5.32 Å². The zero-order chi connectivity index (χ0) is 18.4. The molecule has 2 aromatic heterocycles. The number of aromatic amines is 1. The second-order valence-electron chi connectivity index (χ2n) is 4.86. The third kappa shape index (κ3) is 5.19. The van der Waals surface area contributed by atoms with Crippen molar-refractivity contribution in [2.75, 3.05) is 23.4 Å². The number of amides is 1. The highest BCUT2D eigenvalue weighted by Gasteiger charge is 2.12. The first-order valence-electron chi connectivity index (χ1n) is 7.63. The minimum absolute atomic E-state index is 0.165. The summed E-state index contributed by atoms with van der Waals surface area (Å²) >= 11 is 3.75. The largest absolute Gasteiger partial charge is 0.465 e. The van der Waals surface area contributed by atoms with Crippen molar-refractivity contribution in [1.82, 2.24) is 20.2 Å². The number of anilines is 1. The van der Waals surface area contributed by atoms with Crippen LogP contribution in [0.25, 0.3) is 11.0 Å². The van der Waals surface area contributed by atoms with Crippen LogP contribution in [0.5, 0.6) is 0 Å². The van der Waals surface area contributed by atoms with Gasteiger partial charge in [0, 0.05) is 0 Å². The van der Waals surface area contributed by atoms with Crippen molar-refractivity contribution in [3.8, 4) is 0 Å². The highest BCUT2D eigenvalue weighted by molar-refractivity contribution is 8.01. The van der Waals surface area contributed by atoms with Gasteiger partial charge in [-0.2, -0.15) is 0 Å². The molecule has 0 unspecified atom stereocenters. The minimum atomic E-state index is -0.305. The number of hydrogen-bond acceptors (Lipinski definition) is 9. The molecule has 0 radical (unpaired) electrons. The van der Waals surface area contributed by atoms with Crippen molar-refractivity contribution >= 4 is 62.9 Å². The second-order valence-corrected chi connectivity index (χ2v) is 8.03. The number of carbonyl (C=O) groups excluding carboxylic acids is 2. The Bertz CT molecular complexity index is 878. The van der Waals surface area contributed by atoms with Crippen molar-refractivity contribution in [2.24, 2.45) is 0 Å². The Morgan fingerprint density at radius 1 is 1.23 bits per heavy atom. The van der Waals surface area contributed by atoms with Gasteiger partial charge >= 0.3 is 5.97 Å². The number of thioether (sulfide) groups is 2. The first-order valence-corrected chi connectivity index (χ1v) is 10.4. The van der Waals surface area contributed by atoms with Crippen LogP contribution >= 0.6 is 34.9 Å². The van der Waals surface area contributed by atoms with Crippen LogP contribution in [0.1, 0.15) is 6.92 Å². The van der Waals surface area contributed by atoms with Crippen molar-refractivity contribution < 1.29 is 14.3 Å². The predicted molar refractivity (Wildman–Crippen MR) is 103 cm³/mol. The van der Waals surface area contributed by atoms with Crippen LogP contribution in [0.4, 0.5) is 5.13 Å². The number of benzene rings is 1. The molecule has 1 aromatic carbocycles. The van der Waals surface area contributed by atoms with E-state index in [0.717, 1.165) is 11.0 Å². The molecule has 2 heterocycles. The number of nitrogens with zero attached hydrogens (tertiary/aromatic N) is 3. The van der Waals surface area contributed by atoms with Gasteiger partial charge in [-0.3, -0.25) is 14.9 Å². The summed E-state index contributed by atoms with van der Waals surface area (Å²) in [7, 11) is 0. The maximum absolute atomic E-state index is 12.0. The van der Waals surface area contributed by atoms with Gasteiger partial charge in [-0.15, -0.1) is 10.2 Å². The smallest absolute Gasteiger partial charge is 0.316 e. The minimum Gasteiger partial charge on any atom is -0.465 e. The highest BCUT2D eigenvalue weighted by atomic mass is 32.2. The number of imidazole rings is 1. The van der Waals surface area contributed by atoms with E-state index in [1.807, 2.05) is 24.3 Å². The Labute approximate surface area is 161 Å². The van der Waals surface area contributed by atoms with E-state index in [1.165, 1.54) is 34.9 Å². The van der Waals surface area contributed by atoms with Gasteiger partial charge in [0.05, 0.1) is 29.1 Å². The van der Waals surface area contributed by atoms with E-state index in [9.17, 15) is 9.59 Å². The summed E-state index contributed by atoms with van der Waals surface area (Å²) in [5, 5.41) is 11.6. The van der Waals surface area contributed by atoms with Crippen LogP contribution in [0.3, 0.4) is 0 Å². The molecular formula is C15H15N5O3S3. The molecule has 26 heavy (non-hydrogen) atoms. The van der Waals surface area contributed by atoms with Gasteiger partial charge in [-0.25, -0.2) is 4.98 Å². The SMILES string of the molecule is CCOC(=O)CSc1nnc(NC(=O)CSc2nc3ccccc3[nH]2)s1. The van der Waals surface area contributed by atoms with E-state index in [4.69, 9.17) is 4.74 Å². The van der Waals surface area contributed by atoms with E-state index in [2.05, 4.69) is 25.5 Å². The zero-order valence-corrected chi connectivity index (χ0v) is 16.2. The summed E-state index contributed by atoms with van der Waals surface area (Å²) < 4.78 is 5.44. The van der Waals surface area contributed by atoms with Crippen LogP contribution in [-0.2, 0) is 14.3 Å². The van der Waals surface area contributed by atoms with Crippen LogP contribution in [0.2, 0.25) is 0 Å². The zero-order valence-electron chi connectivity index (χ0n) is 13.7. The lowest BCUT2D eigenvalue weighted by Gasteiger charge is -1.99. The summed E-state index contributed by atoms with van der Waals surface area (Å²) in [5.74, 6) is -0.141. The number of rotatable bonds is 8. The number of ether oxygens (including phenoxy) is 1. The van der Waals surface area contributed by atoms with Crippen molar-refractivity contribution in [3.05, 3.63) is 24.3 Å². The number of H-pyrrole nitrogens is 1. The Kier molecular flexibility index (Phi) is 6.47. The molecular weight excluding hydrogens is 394 g/mol. The number of aromatic nitrogens is 4. The predicted octanol–water partition coefficient (Wildman–Crippen LogP) is 2.80. The molecule has 0 spiro atoms. The third-order valence-electron chi connectivity index (χ3n) is 2.98. The molecule has 2 N–H and O–H groups in total. The summed E-state index contributed by atoms with van der Waals surface area (Å²) in [5.41, 5.74) is 1.80. The van der Waals surface area contributed by atoms with E-state index >= 15 is 0 Å². The molecule has 0 aliphatic heterocycles. The van der Waals surface area contributed by atoms with Crippen molar-refractivity contribution in [3.63, 3.8) is 0 Å². The third-order valence-corrected chi connectivity index (χ3v) is 5.80. The lowest BCUT2D eigenvalue weighted by molar-refractivity contribution is -0.139. The van der Waals surface area contributed by atoms with Crippen molar-refractivity contribution in [2.45, 2.75) is 16.4 Å². The lowest BCUT2D eigenvalue weighted by Crippen LogP contribution is -2.13. The molecule has 3 aromatic rings. The fraction of sp³-hybridized carbons (Fsp3) is 0.267. The van der Waals surface area contributed by atoms with Crippen LogP contribution in [-0.4, -0.2) is 50.2 Å². The highest BCUT2D eigenvalue weighted by Crippen LogP contribution is 2.26. The quantitative estimate of drug-likeness (QED) is 0.332. The van der Waals surface area contributed by atoms with E-state index < -0.39 is 0 Å². The number of esters is 1. The monoisotopic (exact) mass is 409 g/mol. The Morgan fingerprint density at radius 3 is 2.88 bits per heavy atom. The van der Waals surface area contributed by atoms with E-state index in [1.54, 1.807) is 6.92 Å². The molecule has 0 fully saturated rings. The van der Waals surface area contributed by atoms with E-state index in [0.29, 0.717) is 21.2 Å². The van der Waals surface area contributed by atoms with Gasteiger partial charge in [0.15, 0.2) is 9.50 Å². The molecule has 1 amide bonds. The molecule has 0 saturated heterocycles. The number of fused-ring (bicyclic) bond motifs is 1. The van der Waals surface area contributed by atoms with Gasteiger partial charge in [-0.1, -0.05) is 47.0 Å². The molecule has 0 aliphatic carbocycles. The average Bonchev–Trinajstić information content (AvgIpc) is 3.24. The molecule has 3 rings (SSSR count). The van der Waals surface area contributed by atoms with Gasteiger partial charge in [-0.05, 0) is 19.1 Å². The van der Waals surface area contributed by atoms with Crippen LogP contribution in [0, 0.1) is 0 Å². The van der Waals surface area contributed by atoms with E-state index in [-0.39, 0.29) is 23.4 Å². The number of para-hydroxylation sites is 2. The van der Waals surface area contributed by atoms with Gasteiger partial charge in [0.1, 0.15) is 0 Å². The number of nitrogens with one attached hydrogen (secondary N) is 2. The fourth-order valence-corrected chi connectivity index (χ4v) is 4.18. The first kappa shape index (κ1) is 18.7. The topological polar surface area (TPSA) is 110 Å². The number of carbonyl (C=O) groups is 2. The first-order chi connectivity index (χ1) is 12.6. The molecule has 0 aliphatic rings. The number of hydrogen-bond donors (Lipinski definition) is 2. The summed E-state index contributed by atoms with van der Waals surface area (Å²) in [4.78, 5) is 30.9. The fourth-order valence-electron chi connectivity index (χ4n) is 1.93. The Morgan fingerprint density at radius 2 is 2.08 bits per heavy atom. The van der Waals surface area contributed by atoms with Gasteiger partial charge in [0.25, 0.3) is 0 Å². The van der Waals surface area contributed by atoms with Gasteiger partial charge < -0.3 is 9.72 Å².